The lowest BCUT2D eigenvalue weighted by Crippen LogP contribution is -2.48. The maximum atomic E-state index is 11.6. The van der Waals surface area contributed by atoms with Gasteiger partial charge in [0.15, 0.2) is 0 Å². The van der Waals surface area contributed by atoms with Gasteiger partial charge in [0.05, 0.1) is 6.04 Å². The smallest absolute Gasteiger partial charge is 0.237 e. The lowest BCUT2D eigenvalue weighted by Gasteiger charge is -2.27. The molecular formula is C10H17BrN2O. The molecule has 3 nitrogen and oxygen atoms in total. The maximum absolute atomic E-state index is 11.6. The second kappa shape index (κ2) is 5.51. The van der Waals surface area contributed by atoms with Gasteiger partial charge < -0.3 is 10.6 Å². The van der Waals surface area contributed by atoms with E-state index in [0.29, 0.717) is 12.5 Å². The topological polar surface area (TPSA) is 41.1 Å². The van der Waals surface area contributed by atoms with Crippen molar-refractivity contribution in [2.24, 2.45) is 5.92 Å². The third-order valence-electron chi connectivity index (χ3n) is 2.44. The summed E-state index contributed by atoms with van der Waals surface area (Å²) in [5, 5.41) is 6.04. The molecular weight excluding hydrogens is 244 g/mol. The Morgan fingerprint density at radius 1 is 1.71 bits per heavy atom. The second-order valence-electron chi connectivity index (χ2n) is 3.87. The molecule has 0 aromatic heterocycles. The minimum Gasteiger partial charge on any atom is -0.350 e. The van der Waals surface area contributed by atoms with Gasteiger partial charge >= 0.3 is 0 Å². The molecule has 4 heteroatoms. The molecule has 0 saturated carbocycles. The molecule has 80 valence electrons. The first-order valence-corrected chi connectivity index (χ1v) is 5.73. The Balaban J connectivity index is 2.32. The van der Waals surface area contributed by atoms with Crippen LogP contribution in [0.2, 0.25) is 0 Å². The number of hydrogen-bond acceptors (Lipinski definition) is 2. The molecule has 2 unspecified atom stereocenters. The number of piperidine rings is 1. The Hall–Kier alpha value is -0.350. The van der Waals surface area contributed by atoms with E-state index in [2.05, 4.69) is 40.1 Å². The van der Waals surface area contributed by atoms with Crippen LogP contribution in [-0.2, 0) is 4.79 Å². The summed E-state index contributed by atoms with van der Waals surface area (Å²) >= 11 is 3.21. The van der Waals surface area contributed by atoms with Crippen molar-refractivity contribution in [2.45, 2.75) is 25.8 Å². The molecule has 1 rings (SSSR count). The van der Waals surface area contributed by atoms with E-state index in [4.69, 9.17) is 0 Å². The van der Waals surface area contributed by atoms with Gasteiger partial charge in [0.2, 0.25) is 5.91 Å². The zero-order valence-corrected chi connectivity index (χ0v) is 10.1. The highest BCUT2D eigenvalue weighted by molar-refractivity contribution is 9.11. The molecule has 1 fully saturated rings. The van der Waals surface area contributed by atoms with Gasteiger partial charge in [-0.05, 0) is 25.3 Å². The zero-order valence-electron chi connectivity index (χ0n) is 8.48. The molecule has 0 radical (unpaired) electrons. The van der Waals surface area contributed by atoms with Crippen LogP contribution in [0.15, 0.2) is 11.1 Å². The number of halogens is 1. The highest BCUT2D eigenvalue weighted by atomic mass is 79.9. The van der Waals surface area contributed by atoms with Crippen LogP contribution in [0.25, 0.3) is 0 Å². The van der Waals surface area contributed by atoms with Crippen molar-refractivity contribution in [1.29, 1.82) is 0 Å². The van der Waals surface area contributed by atoms with Gasteiger partial charge in [0.25, 0.3) is 0 Å². The summed E-state index contributed by atoms with van der Waals surface area (Å²) in [7, 11) is 0. The summed E-state index contributed by atoms with van der Waals surface area (Å²) in [6.45, 7) is 7.30. The molecule has 1 aliphatic rings. The van der Waals surface area contributed by atoms with E-state index in [0.717, 1.165) is 23.9 Å². The summed E-state index contributed by atoms with van der Waals surface area (Å²) in [6, 6.07) is -0.0226. The molecule has 0 bridgehead atoms. The van der Waals surface area contributed by atoms with Gasteiger partial charge in [-0.15, -0.1) is 0 Å². The Kier molecular flexibility index (Phi) is 4.62. The van der Waals surface area contributed by atoms with Crippen LogP contribution < -0.4 is 10.6 Å². The Morgan fingerprint density at radius 3 is 3.00 bits per heavy atom. The fraction of sp³-hybridized carbons (Fsp3) is 0.700. The number of nitrogens with one attached hydrogen (secondary N) is 2. The fourth-order valence-electron chi connectivity index (χ4n) is 1.61. The maximum Gasteiger partial charge on any atom is 0.237 e. The first-order valence-electron chi connectivity index (χ1n) is 4.94. The third-order valence-corrected chi connectivity index (χ3v) is 2.72. The van der Waals surface area contributed by atoms with Crippen molar-refractivity contribution in [2.75, 3.05) is 13.1 Å². The van der Waals surface area contributed by atoms with Crippen molar-refractivity contribution in [1.82, 2.24) is 10.6 Å². The minimum atomic E-state index is -0.0226. The lowest BCUT2D eigenvalue weighted by atomic mass is 9.94. The van der Waals surface area contributed by atoms with E-state index in [-0.39, 0.29) is 11.9 Å². The molecule has 1 amide bonds. The Morgan fingerprint density at radius 2 is 2.43 bits per heavy atom. The van der Waals surface area contributed by atoms with Crippen LogP contribution in [0, 0.1) is 5.92 Å². The van der Waals surface area contributed by atoms with Crippen LogP contribution in [-0.4, -0.2) is 25.0 Å². The molecule has 1 saturated heterocycles. The molecule has 0 aromatic carbocycles. The average Bonchev–Trinajstić information content (AvgIpc) is 2.14. The van der Waals surface area contributed by atoms with Gasteiger partial charge in [-0.1, -0.05) is 29.4 Å². The molecule has 2 atom stereocenters. The third kappa shape index (κ3) is 3.80. The van der Waals surface area contributed by atoms with Gasteiger partial charge in [-0.2, -0.15) is 0 Å². The first-order chi connectivity index (χ1) is 6.59. The SMILES string of the molecule is C=C(Br)CNC(=O)C1CC(C)CCN1. The highest BCUT2D eigenvalue weighted by Crippen LogP contribution is 2.14. The first kappa shape index (κ1) is 11.7. The van der Waals surface area contributed by atoms with Crippen molar-refractivity contribution in [3.05, 3.63) is 11.1 Å². The quantitative estimate of drug-likeness (QED) is 0.806. The van der Waals surface area contributed by atoms with Crippen LogP contribution in [0.1, 0.15) is 19.8 Å². The summed E-state index contributed by atoms with van der Waals surface area (Å²) in [5.74, 6) is 0.719. The second-order valence-corrected chi connectivity index (χ2v) is 4.99. The van der Waals surface area contributed by atoms with Crippen molar-refractivity contribution < 1.29 is 4.79 Å². The fourth-order valence-corrected chi connectivity index (χ4v) is 1.75. The monoisotopic (exact) mass is 260 g/mol. The van der Waals surface area contributed by atoms with Crippen LogP contribution in [0.3, 0.4) is 0 Å². The van der Waals surface area contributed by atoms with Crippen molar-refractivity contribution >= 4 is 21.8 Å². The van der Waals surface area contributed by atoms with Crippen molar-refractivity contribution in [3.8, 4) is 0 Å². The number of hydrogen-bond donors (Lipinski definition) is 2. The highest BCUT2D eigenvalue weighted by Gasteiger charge is 2.23. The molecule has 1 aliphatic heterocycles. The largest absolute Gasteiger partial charge is 0.350 e. The Labute approximate surface area is 93.5 Å². The normalized spacial score (nSPS) is 27.0. The van der Waals surface area contributed by atoms with E-state index >= 15 is 0 Å². The lowest BCUT2D eigenvalue weighted by molar-refractivity contribution is -0.123. The number of amides is 1. The Bertz CT molecular complexity index is 230. The molecule has 2 N–H and O–H groups in total. The van der Waals surface area contributed by atoms with E-state index in [9.17, 15) is 4.79 Å². The summed E-state index contributed by atoms with van der Waals surface area (Å²) < 4.78 is 0.801. The zero-order chi connectivity index (χ0) is 10.6. The number of rotatable bonds is 3. The predicted molar refractivity (Wildman–Crippen MR) is 61.3 cm³/mol. The number of carbonyl (C=O) groups is 1. The van der Waals surface area contributed by atoms with Gasteiger partial charge in [-0.25, -0.2) is 0 Å². The predicted octanol–water partition coefficient (Wildman–Crippen LogP) is 1.40. The molecule has 0 aromatic rings. The standard InChI is InChI=1S/C10H17BrN2O/c1-7-3-4-12-9(5-7)10(14)13-6-8(2)11/h7,9,12H,2-6H2,1H3,(H,13,14). The number of carbonyl (C=O) groups excluding carboxylic acids is 1. The summed E-state index contributed by atoms with van der Waals surface area (Å²) in [6.07, 6.45) is 2.09. The molecule has 1 heterocycles. The average molecular weight is 261 g/mol. The van der Waals surface area contributed by atoms with Gasteiger partial charge in [0, 0.05) is 11.0 Å². The van der Waals surface area contributed by atoms with E-state index in [1.807, 2.05) is 0 Å². The van der Waals surface area contributed by atoms with E-state index in [1.165, 1.54) is 0 Å². The van der Waals surface area contributed by atoms with Crippen LogP contribution in [0.5, 0.6) is 0 Å². The molecule has 0 aliphatic carbocycles. The van der Waals surface area contributed by atoms with Crippen LogP contribution >= 0.6 is 15.9 Å². The van der Waals surface area contributed by atoms with Gasteiger partial charge in [0.1, 0.15) is 0 Å². The van der Waals surface area contributed by atoms with Crippen LogP contribution in [0.4, 0.5) is 0 Å². The van der Waals surface area contributed by atoms with Gasteiger partial charge in [-0.3, -0.25) is 4.79 Å². The van der Waals surface area contributed by atoms with Crippen molar-refractivity contribution in [3.63, 3.8) is 0 Å². The molecule has 0 spiro atoms. The summed E-state index contributed by atoms with van der Waals surface area (Å²) in [4.78, 5) is 11.6. The molecule has 14 heavy (non-hydrogen) atoms. The summed E-state index contributed by atoms with van der Waals surface area (Å²) in [5.41, 5.74) is 0. The minimum absolute atomic E-state index is 0.0226. The van der Waals surface area contributed by atoms with E-state index < -0.39 is 0 Å². The van der Waals surface area contributed by atoms with E-state index in [1.54, 1.807) is 0 Å².